The van der Waals surface area contributed by atoms with Crippen LogP contribution in [0.5, 0.6) is 0 Å². The number of aryl methyl sites for hydroxylation is 1. The van der Waals surface area contributed by atoms with Crippen molar-refractivity contribution in [1.82, 2.24) is 0 Å². The van der Waals surface area contributed by atoms with E-state index in [-0.39, 0.29) is 14.2 Å². The zero-order valence-electron chi connectivity index (χ0n) is 11.5. The van der Waals surface area contributed by atoms with Crippen LogP contribution in [0.1, 0.15) is 28.2 Å². The molecule has 0 heterocycles. The van der Waals surface area contributed by atoms with E-state index >= 15 is 0 Å². The Morgan fingerprint density at radius 1 is 1.33 bits per heavy atom. The summed E-state index contributed by atoms with van der Waals surface area (Å²) in [7, 11) is -0.0965. The number of hydrogen-bond donors (Lipinski definition) is 2. The number of ketones is 1. The van der Waals surface area contributed by atoms with E-state index in [0.29, 0.717) is 29.3 Å². The lowest BCUT2D eigenvalue weighted by Crippen LogP contribution is -2.12. The topological polar surface area (TPSA) is 80.4 Å². The van der Waals surface area contributed by atoms with Gasteiger partial charge >= 0.3 is 0 Å². The standard InChI is InChI=1S/C16H14NO3P/c1-8-2-3-9(6-17)11-5-12-13(4-10(8)11)16(21-20)15(19)14(12)7-18/h2-5,7,14,20H,6,17H2,1H3. The minimum absolute atomic E-state index is 0.0965. The quantitative estimate of drug-likeness (QED) is 0.504. The molecule has 106 valence electrons. The number of carbonyl (C=O) groups excluding carboxylic acids is 2. The summed E-state index contributed by atoms with van der Waals surface area (Å²) in [6.45, 7) is 2.38. The Hall–Kier alpha value is -1.87. The van der Waals surface area contributed by atoms with E-state index in [4.69, 9.17) is 5.73 Å². The van der Waals surface area contributed by atoms with Crippen molar-refractivity contribution in [1.29, 1.82) is 0 Å². The Kier molecular flexibility index (Phi) is 3.46. The highest BCUT2D eigenvalue weighted by molar-refractivity contribution is 7.39. The predicted molar refractivity (Wildman–Crippen MR) is 83.6 cm³/mol. The number of benzene rings is 2. The lowest BCUT2D eigenvalue weighted by atomic mass is 9.93. The van der Waals surface area contributed by atoms with E-state index in [1.54, 1.807) is 0 Å². The Bertz CT molecular complexity index is 811. The maximum atomic E-state index is 12.2. The van der Waals surface area contributed by atoms with Crippen molar-refractivity contribution in [2.75, 3.05) is 0 Å². The minimum Gasteiger partial charge on any atom is -0.341 e. The van der Waals surface area contributed by atoms with Gasteiger partial charge in [0.15, 0.2) is 5.78 Å². The second-order valence-electron chi connectivity index (χ2n) is 5.16. The number of fused-ring (bicyclic) bond motifs is 2. The van der Waals surface area contributed by atoms with E-state index in [2.05, 4.69) is 0 Å². The van der Waals surface area contributed by atoms with Gasteiger partial charge in [0.1, 0.15) is 12.2 Å². The average Bonchev–Trinajstić information content (AvgIpc) is 2.76. The summed E-state index contributed by atoms with van der Waals surface area (Å²) < 4.78 is 0. The molecule has 0 saturated carbocycles. The molecule has 2 aromatic carbocycles. The van der Waals surface area contributed by atoms with Crippen molar-refractivity contribution in [2.45, 2.75) is 19.4 Å². The molecule has 0 fully saturated rings. The Morgan fingerprint density at radius 3 is 2.71 bits per heavy atom. The van der Waals surface area contributed by atoms with E-state index in [9.17, 15) is 14.5 Å². The lowest BCUT2D eigenvalue weighted by molar-refractivity contribution is -0.119. The summed E-state index contributed by atoms with van der Waals surface area (Å²) in [4.78, 5) is 32.9. The van der Waals surface area contributed by atoms with E-state index < -0.39 is 5.92 Å². The van der Waals surface area contributed by atoms with Crippen molar-refractivity contribution in [2.24, 2.45) is 5.73 Å². The van der Waals surface area contributed by atoms with Crippen molar-refractivity contribution in [3.63, 3.8) is 0 Å². The van der Waals surface area contributed by atoms with Crippen LogP contribution >= 0.6 is 8.43 Å². The highest BCUT2D eigenvalue weighted by Gasteiger charge is 2.36. The molecule has 5 heteroatoms. The zero-order chi connectivity index (χ0) is 15.1. The maximum absolute atomic E-state index is 12.2. The van der Waals surface area contributed by atoms with Crippen LogP contribution in [0.15, 0.2) is 24.3 Å². The number of carbonyl (C=O) groups is 2. The van der Waals surface area contributed by atoms with Crippen molar-refractivity contribution in [3.8, 4) is 0 Å². The monoisotopic (exact) mass is 299 g/mol. The summed E-state index contributed by atoms with van der Waals surface area (Å²) in [5, 5.41) is 2.26. The molecule has 0 bridgehead atoms. The molecular weight excluding hydrogens is 285 g/mol. The number of aldehydes is 1. The molecule has 0 aromatic heterocycles. The first-order chi connectivity index (χ1) is 10.1. The molecule has 0 aliphatic heterocycles. The highest BCUT2D eigenvalue weighted by atomic mass is 31.1. The van der Waals surface area contributed by atoms with Gasteiger partial charge in [-0.15, -0.1) is 0 Å². The second-order valence-corrected chi connectivity index (χ2v) is 5.80. The Morgan fingerprint density at radius 2 is 2.10 bits per heavy atom. The third-order valence-electron chi connectivity index (χ3n) is 4.06. The molecule has 0 amide bonds. The van der Waals surface area contributed by atoms with Gasteiger partial charge in [0.05, 0.1) is 13.7 Å². The van der Waals surface area contributed by atoms with Crippen LogP contribution in [-0.4, -0.2) is 22.3 Å². The third kappa shape index (κ3) is 1.95. The molecule has 3 N–H and O–H groups in total. The van der Waals surface area contributed by atoms with Gasteiger partial charge in [-0.2, -0.15) is 0 Å². The summed E-state index contributed by atoms with van der Waals surface area (Å²) in [5.74, 6) is -1.13. The van der Waals surface area contributed by atoms with Gasteiger partial charge in [0, 0.05) is 6.54 Å². The number of hydrogen-bond acceptors (Lipinski definition) is 4. The maximum Gasteiger partial charge on any atom is 0.184 e. The molecule has 0 spiro atoms. The number of rotatable bonds is 2. The molecule has 1 aliphatic carbocycles. The first kappa shape index (κ1) is 14.1. The minimum atomic E-state index is -0.815. The van der Waals surface area contributed by atoms with Crippen LogP contribution in [0.2, 0.25) is 0 Å². The van der Waals surface area contributed by atoms with Crippen LogP contribution in [0, 0.1) is 6.92 Å². The molecule has 1 atom stereocenters. The van der Waals surface area contributed by atoms with Crippen LogP contribution in [0.25, 0.3) is 10.8 Å². The fourth-order valence-corrected chi connectivity index (χ4v) is 3.45. The third-order valence-corrected chi connectivity index (χ3v) is 4.72. The van der Waals surface area contributed by atoms with Gasteiger partial charge < -0.3 is 15.4 Å². The van der Waals surface area contributed by atoms with Crippen LogP contribution in [-0.2, 0) is 16.1 Å². The van der Waals surface area contributed by atoms with E-state index in [1.807, 2.05) is 31.2 Å². The molecular formula is C16H14NO3P. The Balaban J connectivity index is 2.42. The highest BCUT2D eigenvalue weighted by Crippen LogP contribution is 2.36. The fraction of sp³-hybridized carbons (Fsp3) is 0.188. The van der Waals surface area contributed by atoms with E-state index in [1.165, 1.54) is 0 Å². The molecule has 0 saturated heterocycles. The van der Waals surface area contributed by atoms with Crippen molar-refractivity contribution < 1.29 is 14.5 Å². The van der Waals surface area contributed by atoms with Crippen LogP contribution < -0.4 is 5.73 Å². The van der Waals surface area contributed by atoms with Gasteiger partial charge in [0.25, 0.3) is 0 Å². The van der Waals surface area contributed by atoms with Gasteiger partial charge in [-0.3, -0.25) is 4.79 Å². The van der Waals surface area contributed by atoms with E-state index in [0.717, 1.165) is 21.9 Å². The molecule has 1 aliphatic rings. The number of nitrogens with two attached hydrogens (primary N) is 1. The Labute approximate surface area is 123 Å². The first-order valence-corrected chi connectivity index (χ1v) is 7.45. The van der Waals surface area contributed by atoms with Crippen LogP contribution in [0.4, 0.5) is 0 Å². The van der Waals surface area contributed by atoms with Gasteiger partial charge in [-0.05, 0) is 52.1 Å². The SMILES string of the molecule is Cc1ccc(CN)c2cc3c(cc12)C(=PO)C(=O)C3C=O. The fourth-order valence-electron chi connectivity index (χ4n) is 2.91. The first-order valence-electron chi connectivity index (χ1n) is 6.60. The summed E-state index contributed by atoms with van der Waals surface area (Å²) in [5.41, 5.74) is 9.16. The summed E-state index contributed by atoms with van der Waals surface area (Å²) >= 11 is 0. The lowest BCUT2D eigenvalue weighted by Gasteiger charge is -2.11. The molecule has 3 rings (SSSR count). The predicted octanol–water partition coefficient (Wildman–Crippen LogP) is 1.85. The normalized spacial score (nSPS) is 19.3. The molecule has 21 heavy (non-hydrogen) atoms. The van der Waals surface area contributed by atoms with Gasteiger partial charge in [-0.1, -0.05) is 12.1 Å². The molecule has 4 nitrogen and oxygen atoms in total. The average molecular weight is 299 g/mol. The zero-order valence-corrected chi connectivity index (χ0v) is 12.4. The number of Topliss-reactive ketones (excluding diaryl/α,β-unsaturated/α-hetero) is 1. The summed E-state index contributed by atoms with van der Waals surface area (Å²) in [6.07, 6.45) is 0.642. The largest absolute Gasteiger partial charge is 0.341 e. The van der Waals surface area contributed by atoms with Crippen LogP contribution in [0.3, 0.4) is 0 Å². The molecule has 2 aromatic rings. The van der Waals surface area contributed by atoms with Gasteiger partial charge in [0.2, 0.25) is 0 Å². The molecule has 0 radical (unpaired) electrons. The smallest absolute Gasteiger partial charge is 0.184 e. The van der Waals surface area contributed by atoms with Gasteiger partial charge in [-0.25, -0.2) is 0 Å². The summed E-state index contributed by atoms with van der Waals surface area (Å²) in [6, 6.07) is 7.71. The van der Waals surface area contributed by atoms with Crippen molar-refractivity contribution >= 4 is 36.6 Å². The second kappa shape index (κ2) is 5.15. The molecule has 1 unspecified atom stereocenters. The van der Waals surface area contributed by atoms with Crippen molar-refractivity contribution in [3.05, 3.63) is 46.5 Å².